The molecule has 0 aromatic heterocycles. The molecule has 0 aliphatic carbocycles. The Labute approximate surface area is 98.1 Å². The molecule has 0 saturated carbocycles. The van der Waals surface area contributed by atoms with E-state index in [4.69, 9.17) is 28.3 Å². The molecule has 0 heterocycles. The Bertz CT molecular complexity index is 388. The second-order valence-electron chi connectivity index (χ2n) is 2.99. The maximum Gasteiger partial charge on any atom is 0.328 e. The highest BCUT2D eigenvalue weighted by Crippen LogP contribution is 2.27. The van der Waals surface area contributed by atoms with E-state index in [1.165, 1.54) is 6.08 Å². The number of hydrogen-bond donors (Lipinski definition) is 1. The minimum atomic E-state index is -0.998. The van der Waals surface area contributed by atoms with Crippen LogP contribution in [0, 0.1) is 0 Å². The van der Waals surface area contributed by atoms with Crippen molar-refractivity contribution in [1.82, 2.24) is 0 Å². The van der Waals surface area contributed by atoms with Gasteiger partial charge in [0.1, 0.15) is 0 Å². The predicted octanol–water partition coefficient (Wildman–Crippen LogP) is 3.65. The van der Waals surface area contributed by atoms with E-state index in [9.17, 15) is 4.79 Å². The summed E-state index contributed by atoms with van der Waals surface area (Å²) < 4.78 is 0. The smallest absolute Gasteiger partial charge is 0.328 e. The summed E-state index contributed by atoms with van der Waals surface area (Å²) in [6.07, 6.45) is 3.26. The normalized spacial score (nSPS) is 10.9. The zero-order valence-corrected chi connectivity index (χ0v) is 9.64. The van der Waals surface area contributed by atoms with Gasteiger partial charge in [0.2, 0.25) is 0 Å². The van der Waals surface area contributed by atoms with Gasteiger partial charge in [0.25, 0.3) is 0 Å². The molecule has 1 N–H and O–H groups in total. The van der Waals surface area contributed by atoms with Crippen LogP contribution in [-0.4, -0.2) is 11.1 Å². The third-order valence-electron chi connectivity index (χ3n) is 1.94. The van der Waals surface area contributed by atoms with Crippen LogP contribution in [-0.2, 0) is 11.2 Å². The van der Waals surface area contributed by atoms with Gasteiger partial charge in [-0.2, -0.15) is 0 Å². The lowest BCUT2D eigenvalue weighted by molar-refractivity contribution is -0.131. The number of carboxylic acid groups (broad SMARTS) is 1. The van der Waals surface area contributed by atoms with Gasteiger partial charge in [-0.3, -0.25) is 0 Å². The van der Waals surface area contributed by atoms with Crippen molar-refractivity contribution < 1.29 is 9.90 Å². The van der Waals surface area contributed by atoms with Gasteiger partial charge in [0, 0.05) is 16.1 Å². The van der Waals surface area contributed by atoms with Crippen LogP contribution in [0.15, 0.2) is 18.2 Å². The van der Waals surface area contributed by atoms with E-state index < -0.39 is 5.97 Å². The Kier molecular flexibility index (Phi) is 4.18. The van der Waals surface area contributed by atoms with Crippen LogP contribution < -0.4 is 0 Å². The Balaban J connectivity index is 3.09. The molecule has 1 aromatic rings. The Hall–Kier alpha value is -0.990. The molecule has 0 radical (unpaired) electrons. The van der Waals surface area contributed by atoms with Gasteiger partial charge in [-0.25, -0.2) is 4.79 Å². The molecule has 0 atom stereocenters. The summed E-state index contributed by atoms with van der Waals surface area (Å²) in [5.74, 6) is -0.998. The van der Waals surface area contributed by atoms with Gasteiger partial charge < -0.3 is 5.11 Å². The first kappa shape index (κ1) is 12.1. The maximum atomic E-state index is 10.3. The number of aliphatic carboxylic acids is 1. The van der Waals surface area contributed by atoms with Gasteiger partial charge in [-0.1, -0.05) is 30.1 Å². The van der Waals surface area contributed by atoms with Crippen molar-refractivity contribution >= 4 is 35.2 Å². The van der Waals surface area contributed by atoms with Crippen LogP contribution in [0.25, 0.3) is 6.08 Å². The summed E-state index contributed by atoms with van der Waals surface area (Å²) in [6.45, 7) is 1.96. The van der Waals surface area contributed by atoms with Crippen molar-refractivity contribution in [1.29, 1.82) is 0 Å². The Morgan fingerprint density at radius 1 is 1.40 bits per heavy atom. The van der Waals surface area contributed by atoms with Gasteiger partial charge in [-0.15, -0.1) is 0 Å². The molecule has 1 rings (SSSR count). The molecule has 15 heavy (non-hydrogen) atoms. The molecule has 0 aliphatic rings. The van der Waals surface area contributed by atoms with Gasteiger partial charge in [0.05, 0.1) is 0 Å². The van der Waals surface area contributed by atoms with E-state index >= 15 is 0 Å². The zero-order valence-electron chi connectivity index (χ0n) is 8.13. The Morgan fingerprint density at radius 2 is 1.93 bits per heavy atom. The minimum absolute atomic E-state index is 0.565. The fourth-order valence-corrected chi connectivity index (χ4v) is 2.00. The molecule has 0 bridgehead atoms. The minimum Gasteiger partial charge on any atom is -0.478 e. The van der Waals surface area contributed by atoms with Crippen molar-refractivity contribution in [3.05, 3.63) is 39.4 Å². The van der Waals surface area contributed by atoms with E-state index in [1.807, 2.05) is 6.92 Å². The van der Waals surface area contributed by atoms with E-state index in [2.05, 4.69) is 0 Å². The number of carboxylic acids is 1. The quantitative estimate of drug-likeness (QED) is 0.825. The summed E-state index contributed by atoms with van der Waals surface area (Å²) in [7, 11) is 0. The van der Waals surface area contributed by atoms with E-state index in [0.29, 0.717) is 15.6 Å². The van der Waals surface area contributed by atoms with Crippen molar-refractivity contribution in [2.45, 2.75) is 13.3 Å². The van der Waals surface area contributed by atoms with Gasteiger partial charge in [0.15, 0.2) is 0 Å². The predicted molar refractivity (Wildman–Crippen MR) is 62.5 cm³/mol. The third-order valence-corrected chi connectivity index (χ3v) is 2.61. The molecule has 80 valence electrons. The third kappa shape index (κ3) is 3.26. The highest BCUT2D eigenvalue weighted by molar-refractivity contribution is 6.36. The van der Waals surface area contributed by atoms with E-state index in [1.54, 1.807) is 12.1 Å². The fourth-order valence-electron chi connectivity index (χ4n) is 1.22. The molecule has 0 fully saturated rings. The number of carbonyl (C=O) groups is 1. The highest BCUT2D eigenvalue weighted by Gasteiger charge is 2.05. The molecule has 0 saturated heterocycles. The summed E-state index contributed by atoms with van der Waals surface area (Å²) in [4.78, 5) is 10.3. The maximum absolute atomic E-state index is 10.3. The van der Waals surface area contributed by atoms with Crippen molar-refractivity contribution in [3.63, 3.8) is 0 Å². The molecule has 4 heteroatoms. The van der Waals surface area contributed by atoms with Crippen LogP contribution in [0.5, 0.6) is 0 Å². The second kappa shape index (κ2) is 5.19. The van der Waals surface area contributed by atoms with Crippen molar-refractivity contribution in [2.75, 3.05) is 0 Å². The molecule has 1 aromatic carbocycles. The molecular formula is C11H10Cl2O2. The first-order chi connectivity index (χ1) is 7.04. The topological polar surface area (TPSA) is 37.3 Å². The molecular weight excluding hydrogens is 235 g/mol. The lowest BCUT2D eigenvalue weighted by Gasteiger charge is -2.05. The number of hydrogen-bond acceptors (Lipinski definition) is 1. The average molecular weight is 245 g/mol. The Morgan fingerprint density at radius 3 is 2.33 bits per heavy atom. The van der Waals surface area contributed by atoms with Crippen molar-refractivity contribution in [3.8, 4) is 0 Å². The van der Waals surface area contributed by atoms with Crippen LogP contribution in [0.3, 0.4) is 0 Å². The summed E-state index contributed by atoms with van der Waals surface area (Å²) >= 11 is 12.0. The van der Waals surface area contributed by atoms with Gasteiger partial charge >= 0.3 is 5.97 Å². The zero-order chi connectivity index (χ0) is 11.4. The molecule has 0 unspecified atom stereocenters. The van der Waals surface area contributed by atoms with Crippen LogP contribution in [0.2, 0.25) is 10.0 Å². The fraction of sp³-hybridized carbons (Fsp3) is 0.182. The first-order valence-electron chi connectivity index (χ1n) is 4.43. The largest absolute Gasteiger partial charge is 0.478 e. The lowest BCUT2D eigenvalue weighted by Crippen LogP contribution is -1.88. The summed E-state index contributed by atoms with van der Waals surface area (Å²) in [5, 5.41) is 9.59. The molecule has 2 nitrogen and oxygen atoms in total. The lowest BCUT2D eigenvalue weighted by atomic mass is 10.1. The average Bonchev–Trinajstić information content (AvgIpc) is 2.14. The molecule has 0 spiro atoms. The SMILES string of the molecule is CCc1c(Cl)cc(/C=C/C(=O)O)cc1Cl. The standard InChI is InChI=1S/C11H10Cl2O2/c1-2-8-9(12)5-7(6-10(8)13)3-4-11(14)15/h3-6H,2H2,1H3,(H,14,15)/b4-3+. The van der Waals surface area contributed by atoms with E-state index in [-0.39, 0.29) is 0 Å². The van der Waals surface area contributed by atoms with E-state index in [0.717, 1.165) is 18.1 Å². The summed E-state index contributed by atoms with van der Waals surface area (Å²) in [5.41, 5.74) is 1.57. The van der Waals surface area contributed by atoms with Gasteiger partial charge in [-0.05, 0) is 35.8 Å². The summed E-state index contributed by atoms with van der Waals surface area (Å²) in [6, 6.07) is 3.40. The number of benzene rings is 1. The van der Waals surface area contributed by atoms with Crippen LogP contribution >= 0.6 is 23.2 Å². The first-order valence-corrected chi connectivity index (χ1v) is 5.19. The molecule has 0 aliphatic heterocycles. The van der Waals surface area contributed by atoms with Crippen LogP contribution in [0.4, 0.5) is 0 Å². The monoisotopic (exact) mass is 244 g/mol. The van der Waals surface area contributed by atoms with Crippen molar-refractivity contribution in [2.24, 2.45) is 0 Å². The molecule has 0 amide bonds. The highest BCUT2D eigenvalue weighted by atomic mass is 35.5. The number of rotatable bonds is 3. The number of halogens is 2. The second-order valence-corrected chi connectivity index (χ2v) is 3.80. The van der Waals surface area contributed by atoms with Crippen LogP contribution in [0.1, 0.15) is 18.1 Å².